The second kappa shape index (κ2) is 4.87. The molecule has 1 aliphatic heterocycles. The minimum Gasteiger partial charge on any atom is -0.483 e. The van der Waals surface area contributed by atoms with Crippen LogP contribution in [0.5, 0.6) is 5.75 Å². The summed E-state index contributed by atoms with van der Waals surface area (Å²) >= 11 is 0. The number of β-amino-alcohol motifs (C(OH)–C–C–N with tert-alkyl or cyclic N) is 1. The summed E-state index contributed by atoms with van der Waals surface area (Å²) in [6, 6.07) is 0. The Labute approximate surface area is 106 Å². The van der Waals surface area contributed by atoms with Crippen molar-refractivity contribution >= 4 is 10.0 Å². The monoisotopic (exact) mass is 275 g/mol. The van der Waals surface area contributed by atoms with Crippen LogP contribution in [0.2, 0.25) is 0 Å². The van der Waals surface area contributed by atoms with E-state index in [0.717, 1.165) is 12.8 Å². The first-order chi connectivity index (χ1) is 8.40. The van der Waals surface area contributed by atoms with Crippen LogP contribution in [0.25, 0.3) is 0 Å². The van der Waals surface area contributed by atoms with E-state index >= 15 is 0 Å². The predicted octanol–water partition coefficient (Wildman–Crippen LogP) is -0.713. The average molecular weight is 275 g/mol. The number of aliphatic hydroxyl groups is 1. The number of sulfonamides is 1. The van der Waals surface area contributed by atoms with Crippen LogP contribution in [-0.2, 0) is 16.6 Å². The highest BCUT2D eigenvalue weighted by Crippen LogP contribution is 2.19. The van der Waals surface area contributed by atoms with Crippen molar-refractivity contribution in [1.82, 2.24) is 14.1 Å². The van der Waals surface area contributed by atoms with Crippen LogP contribution in [-0.4, -0.2) is 59.2 Å². The molecule has 0 aromatic carbocycles. The van der Waals surface area contributed by atoms with E-state index < -0.39 is 22.2 Å². The number of rotatable bonds is 4. The van der Waals surface area contributed by atoms with Gasteiger partial charge in [-0.3, -0.25) is 4.68 Å². The zero-order valence-corrected chi connectivity index (χ0v) is 11.2. The second-order valence-electron chi connectivity index (χ2n) is 4.34. The highest BCUT2D eigenvalue weighted by atomic mass is 32.2. The zero-order valence-electron chi connectivity index (χ0n) is 10.4. The molecule has 18 heavy (non-hydrogen) atoms. The molecule has 0 radical (unpaired) electrons. The molecule has 7 nitrogen and oxygen atoms in total. The van der Waals surface area contributed by atoms with Gasteiger partial charge in [0.25, 0.3) is 0 Å². The Balaban J connectivity index is 2.02. The lowest BCUT2D eigenvalue weighted by molar-refractivity contribution is 0.0736. The van der Waals surface area contributed by atoms with E-state index in [9.17, 15) is 13.5 Å². The molecular weight excluding hydrogens is 258 g/mol. The van der Waals surface area contributed by atoms with Crippen LogP contribution >= 0.6 is 0 Å². The summed E-state index contributed by atoms with van der Waals surface area (Å²) in [7, 11) is -3.29. The van der Waals surface area contributed by atoms with Crippen molar-refractivity contribution in [3.8, 4) is 5.75 Å². The standard InChI is InChI=1S/C10H17N3O4S/c1-3-12-5-8(4-11-12)17-10-7-13(6-9(10)14)18(2,15)16/h4-5,9-10,14H,3,6-7H2,1-2H3/t9-,10-/m1/s1. The molecule has 2 atom stereocenters. The van der Waals surface area contributed by atoms with Crippen LogP contribution < -0.4 is 4.74 Å². The summed E-state index contributed by atoms with van der Waals surface area (Å²) in [5, 5.41) is 13.8. The van der Waals surface area contributed by atoms with Crippen molar-refractivity contribution in [2.75, 3.05) is 19.3 Å². The minimum atomic E-state index is -3.29. The average Bonchev–Trinajstić information content (AvgIpc) is 2.86. The van der Waals surface area contributed by atoms with Crippen molar-refractivity contribution in [3.63, 3.8) is 0 Å². The van der Waals surface area contributed by atoms with Crippen molar-refractivity contribution in [2.24, 2.45) is 0 Å². The number of hydrogen-bond donors (Lipinski definition) is 1. The normalized spacial score (nSPS) is 25.5. The van der Waals surface area contributed by atoms with E-state index in [4.69, 9.17) is 4.74 Å². The van der Waals surface area contributed by atoms with Gasteiger partial charge in [0.2, 0.25) is 10.0 Å². The third-order valence-electron chi connectivity index (χ3n) is 2.89. The SMILES string of the molecule is CCn1cc(O[C@@H]2CN(S(C)(=O)=O)C[C@H]2O)cn1. The lowest BCUT2D eigenvalue weighted by atomic mass is 10.3. The molecule has 1 aliphatic rings. The van der Waals surface area contributed by atoms with Gasteiger partial charge in [-0.2, -0.15) is 9.40 Å². The Morgan fingerprint density at radius 3 is 2.78 bits per heavy atom. The van der Waals surface area contributed by atoms with Crippen LogP contribution in [0.3, 0.4) is 0 Å². The Bertz CT molecular complexity index is 513. The van der Waals surface area contributed by atoms with Crippen LogP contribution in [0.4, 0.5) is 0 Å². The van der Waals surface area contributed by atoms with Crippen molar-refractivity contribution in [3.05, 3.63) is 12.4 Å². The van der Waals surface area contributed by atoms with Gasteiger partial charge in [0, 0.05) is 13.1 Å². The smallest absolute Gasteiger partial charge is 0.211 e. The van der Waals surface area contributed by atoms with Crippen molar-refractivity contribution in [2.45, 2.75) is 25.7 Å². The number of aliphatic hydroxyl groups excluding tert-OH is 1. The topological polar surface area (TPSA) is 84.7 Å². The van der Waals surface area contributed by atoms with E-state index in [2.05, 4.69) is 5.10 Å². The lowest BCUT2D eigenvalue weighted by Gasteiger charge is -2.14. The molecule has 0 aliphatic carbocycles. The molecule has 1 saturated heterocycles. The molecule has 2 rings (SSSR count). The number of aryl methyl sites for hydroxylation is 1. The molecule has 1 N–H and O–H groups in total. The summed E-state index contributed by atoms with van der Waals surface area (Å²) in [4.78, 5) is 0. The zero-order chi connectivity index (χ0) is 13.3. The maximum atomic E-state index is 11.4. The predicted molar refractivity (Wildman–Crippen MR) is 64.7 cm³/mol. The molecule has 1 aromatic heterocycles. The first-order valence-electron chi connectivity index (χ1n) is 5.72. The fourth-order valence-corrected chi connectivity index (χ4v) is 2.70. The fraction of sp³-hybridized carbons (Fsp3) is 0.700. The molecule has 1 aromatic rings. The van der Waals surface area contributed by atoms with Gasteiger partial charge in [-0.15, -0.1) is 0 Å². The quantitative estimate of drug-likeness (QED) is 0.784. The summed E-state index contributed by atoms with van der Waals surface area (Å²) < 4.78 is 31.2. The molecule has 0 amide bonds. The van der Waals surface area contributed by atoms with Gasteiger partial charge >= 0.3 is 0 Å². The Hall–Kier alpha value is -1.12. The number of aromatic nitrogens is 2. The third-order valence-corrected chi connectivity index (χ3v) is 4.13. The minimum absolute atomic E-state index is 0.0748. The highest BCUT2D eigenvalue weighted by molar-refractivity contribution is 7.88. The van der Waals surface area contributed by atoms with Gasteiger partial charge < -0.3 is 9.84 Å². The molecule has 0 bridgehead atoms. The third kappa shape index (κ3) is 2.82. The van der Waals surface area contributed by atoms with Gasteiger partial charge in [0.05, 0.1) is 25.2 Å². The van der Waals surface area contributed by atoms with E-state index in [1.807, 2.05) is 6.92 Å². The van der Waals surface area contributed by atoms with Gasteiger partial charge in [0.1, 0.15) is 12.2 Å². The van der Waals surface area contributed by atoms with E-state index in [-0.39, 0.29) is 13.1 Å². The molecule has 8 heteroatoms. The maximum Gasteiger partial charge on any atom is 0.211 e. The second-order valence-corrected chi connectivity index (χ2v) is 6.32. The molecule has 2 heterocycles. The van der Waals surface area contributed by atoms with Crippen molar-refractivity contribution < 1.29 is 18.3 Å². The maximum absolute atomic E-state index is 11.4. The summed E-state index contributed by atoms with van der Waals surface area (Å²) in [6.45, 7) is 2.92. The van der Waals surface area contributed by atoms with E-state index in [1.54, 1.807) is 17.1 Å². The molecular formula is C10H17N3O4S. The van der Waals surface area contributed by atoms with Crippen LogP contribution in [0.15, 0.2) is 12.4 Å². The van der Waals surface area contributed by atoms with Gasteiger partial charge in [0.15, 0.2) is 5.75 Å². The Kier molecular flexibility index (Phi) is 3.60. The number of nitrogens with zero attached hydrogens (tertiary/aromatic N) is 3. The molecule has 102 valence electrons. The molecule has 0 spiro atoms. The van der Waals surface area contributed by atoms with Crippen LogP contribution in [0, 0.1) is 0 Å². The first-order valence-corrected chi connectivity index (χ1v) is 7.57. The molecule has 0 saturated carbocycles. The molecule has 1 fully saturated rings. The van der Waals surface area contributed by atoms with E-state index in [0.29, 0.717) is 5.75 Å². The lowest BCUT2D eigenvalue weighted by Crippen LogP contribution is -2.30. The fourth-order valence-electron chi connectivity index (χ4n) is 1.86. The largest absolute Gasteiger partial charge is 0.483 e. The van der Waals surface area contributed by atoms with Gasteiger partial charge in [-0.1, -0.05) is 0 Å². The summed E-state index contributed by atoms with van der Waals surface area (Å²) in [5.41, 5.74) is 0. The highest BCUT2D eigenvalue weighted by Gasteiger charge is 2.37. The van der Waals surface area contributed by atoms with Gasteiger partial charge in [-0.05, 0) is 6.92 Å². The summed E-state index contributed by atoms with van der Waals surface area (Å²) in [5.74, 6) is 0.538. The molecule has 0 unspecified atom stereocenters. The van der Waals surface area contributed by atoms with Crippen molar-refractivity contribution in [1.29, 1.82) is 0 Å². The van der Waals surface area contributed by atoms with Crippen LogP contribution in [0.1, 0.15) is 6.92 Å². The van der Waals surface area contributed by atoms with Gasteiger partial charge in [-0.25, -0.2) is 8.42 Å². The number of hydrogen-bond acceptors (Lipinski definition) is 5. The Morgan fingerprint density at radius 1 is 1.56 bits per heavy atom. The van der Waals surface area contributed by atoms with E-state index in [1.165, 1.54) is 4.31 Å². The first kappa shape index (κ1) is 13.3. The summed E-state index contributed by atoms with van der Waals surface area (Å²) in [6.07, 6.45) is 3.03. The number of ether oxygens (including phenoxy) is 1. The Morgan fingerprint density at radius 2 is 2.28 bits per heavy atom.